The molecule has 6 nitrogen and oxygen atoms in total. The van der Waals surface area contributed by atoms with Gasteiger partial charge in [-0.25, -0.2) is 4.79 Å². The standard InChI is InChI=1S/C13H14N4O2S/c1-8-4-9(20-7-8)6-15-11-10(5-14)12(18)17(3)13(19)16(11)2/h4,7,15H,6H2,1-3H3. The molecule has 1 N–H and O–H groups in total. The van der Waals surface area contributed by atoms with Crippen molar-refractivity contribution >= 4 is 17.2 Å². The molecule has 0 aliphatic rings. The van der Waals surface area contributed by atoms with E-state index in [0.717, 1.165) is 15.0 Å². The Bertz CT molecular complexity index is 807. The van der Waals surface area contributed by atoms with Crippen LogP contribution in [0.25, 0.3) is 0 Å². The summed E-state index contributed by atoms with van der Waals surface area (Å²) >= 11 is 1.58. The third-order valence-corrected chi connectivity index (χ3v) is 4.05. The normalized spacial score (nSPS) is 10.3. The molecule has 20 heavy (non-hydrogen) atoms. The molecule has 0 aliphatic heterocycles. The Morgan fingerprint density at radius 3 is 2.60 bits per heavy atom. The zero-order valence-corrected chi connectivity index (χ0v) is 12.2. The van der Waals surface area contributed by atoms with E-state index in [4.69, 9.17) is 5.26 Å². The van der Waals surface area contributed by atoms with Crippen molar-refractivity contribution in [3.05, 3.63) is 48.3 Å². The molecule has 0 saturated carbocycles. The third kappa shape index (κ3) is 2.38. The van der Waals surface area contributed by atoms with Gasteiger partial charge in [-0.15, -0.1) is 11.3 Å². The van der Waals surface area contributed by atoms with Crippen molar-refractivity contribution in [3.63, 3.8) is 0 Å². The minimum absolute atomic E-state index is 0.0529. The molecule has 0 aromatic carbocycles. The minimum atomic E-state index is -0.583. The van der Waals surface area contributed by atoms with Gasteiger partial charge in [0.1, 0.15) is 11.9 Å². The van der Waals surface area contributed by atoms with Crippen molar-refractivity contribution in [2.24, 2.45) is 14.1 Å². The second-order valence-corrected chi connectivity index (χ2v) is 5.48. The van der Waals surface area contributed by atoms with Crippen LogP contribution in [0.3, 0.4) is 0 Å². The molecular formula is C13H14N4O2S. The fourth-order valence-corrected chi connectivity index (χ4v) is 2.72. The van der Waals surface area contributed by atoms with Gasteiger partial charge in [-0.1, -0.05) is 0 Å². The Labute approximate surface area is 119 Å². The van der Waals surface area contributed by atoms with Gasteiger partial charge < -0.3 is 5.32 Å². The summed E-state index contributed by atoms with van der Waals surface area (Å²) in [6, 6.07) is 3.88. The molecule has 0 saturated heterocycles. The molecule has 2 heterocycles. The largest absolute Gasteiger partial charge is 0.365 e. The molecule has 0 aliphatic carbocycles. The number of aromatic nitrogens is 2. The molecular weight excluding hydrogens is 276 g/mol. The van der Waals surface area contributed by atoms with Gasteiger partial charge in [0.2, 0.25) is 0 Å². The van der Waals surface area contributed by atoms with E-state index >= 15 is 0 Å². The van der Waals surface area contributed by atoms with Gasteiger partial charge in [-0.2, -0.15) is 5.26 Å². The third-order valence-electron chi connectivity index (χ3n) is 2.99. The Morgan fingerprint density at radius 1 is 1.35 bits per heavy atom. The van der Waals surface area contributed by atoms with Crippen LogP contribution in [-0.4, -0.2) is 9.13 Å². The number of nitrogens with one attached hydrogen (secondary N) is 1. The lowest BCUT2D eigenvalue weighted by Gasteiger charge is -2.12. The second kappa shape index (κ2) is 5.35. The maximum atomic E-state index is 11.9. The molecule has 0 bridgehead atoms. The summed E-state index contributed by atoms with van der Waals surface area (Å²) in [4.78, 5) is 24.8. The van der Waals surface area contributed by atoms with Crippen LogP contribution in [0, 0.1) is 18.3 Å². The number of aryl methyl sites for hydroxylation is 1. The van der Waals surface area contributed by atoms with Crippen LogP contribution in [0.2, 0.25) is 0 Å². The van der Waals surface area contributed by atoms with E-state index in [-0.39, 0.29) is 11.4 Å². The van der Waals surface area contributed by atoms with Gasteiger partial charge in [-0.3, -0.25) is 13.9 Å². The molecule has 2 rings (SSSR count). The van der Waals surface area contributed by atoms with Gasteiger partial charge in [0.05, 0.1) is 6.54 Å². The van der Waals surface area contributed by atoms with E-state index in [1.165, 1.54) is 18.7 Å². The Hall–Kier alpha value is -2.33. The first-order chi connectivity index (χ1) is 9.45. The van der Waals surface area contributed by atoms with Crippen LogP contribution in [0.15, 0.2) is 21.0 Å². The summed E-state index contributed by atoms with van der Waals surface area (Å²) in [6.45, 7) is 2.46. The van der Waals surface area contributed by atoms with Crippen molar-refractivity contribution in [2.75, 3.05) is 5.32 Å². The van der Waals surface area contributed by atoms with Gasteiger partial charge in [0.15, 0.2) is 5.56 Å². The van der Waals surface area contributed by atoms with E-state index < -0.39 is 11.2 Å². The van der Waals surface area contributed by atoms with Crippen molar-refractivity contribution in [1.29, 1.82) is 5.26 Å². The lowest BCUT2D eigenvalue weighted by atomic mass is 10.3. The predicted octanol–water partition coefficient (Wildman–Crippen LogP) is 0.938. The summed E-state index contributed by atoms with van der Waals surface area (Å²) in [5.41, 5.74) is 0.0624. The van der Waals surface area contributed by atoms with Crippen LogP contribution in [0.4, 0.5) is 5.82 Å². The average Bonchev–Trinajstić information content (AvgIpc) is 2.84. The highest BCUT2D eigenvalue weighted by atomic mass is 32.1. The highest BCUT2D eigenvalue weighted by Gasteiger charge is 2.15. The zero-order chi connectivity index (χ0) is 14.9. The Kier molecular flexibility index (Phi) is 3.77. The van der Waals surface area contributed by atoms with Crippen molar-refractivity contribution in [1.82, 2.24) is 9.13 Å². The second-order valence-electron chi connectivity index (χ2n) is 4.49. The smallest absolute Gasteiger partial charge is 0.332 e. The van der Waals surface area contributed by atoms with Gasteiger partial charge in [0, 0.05) is 19.0 Å². The van der Waals surface area contributed by atoms with Crippen molar-refractivity contribution < 1.29 is 0 Å². The fourth-order valence-electron chi connectivity index (χ4n) is 1.91. The highest BCUT2D eigenvalue weighted by molar-refractivity contribution is 7.10. The molecule has 0 fully saturated rings. The molecule has 0 atom stereocenters. The first-order valence-electron chi connectivity index (χ1n) is 5.93. The van der Waals surface area contributed by atoms with Crippen molar-refractivity contribution in [2.45, 2.75) is 13.5 Å². The van der Waals surface area contributed by atoms with Crippen LogP contribution >= 0.6 is 11.3 Å². The Morgan fingerprint density at radius 2 is 2.05 bits per heavy atom. The van der Waals surface area contributed by atoms with E-state index in [0.29, 0.717) is 6.54 Å². The van der Waals surface area contributed by atoms with Gasteiger partial charge in [-0.05, 0) is 23.9 Å². The summed E-state index contributed by atoms with van der Waals surface area (Å²) < 4.78 is 2.21. The maximum absolute atomic E-state index is 11.9. The highest BCUT2D eigenvalue weighted by Crippen LogP contribution is 2.16. The number of hydrogen-bond donors (Lipinski definition) is 1. The monoisotopic (exact) mass is 290 g/mol. The summed E-state index contributed by atoms with van der Waals surface area (Å²) in [5.74, 6) is 0.256. The number of hydrogen-bond acceptors (Lipinski definition) is 5. The minimum Gasteiger partial charge on any atom is -0.365 e. The SMILES string of the molecule is Cc1csc(CNc2c(C#N)c(=O)n(C)c(=O)n2C)c1. The van der Waals surface area contributed by atoms with Crippen LogP contribution < -0.4 is 16.6 Å². The van der Waals surface area contributed by atoms with Crippen LogP contribution in [-0.2, 0) is 20.6 Å². The van der Waals surface area contributed by atoms with Crippen LogP contribution in [0.5, 0.6) is 0 Å². The summed E-state index contributed by atoms with van der Waals surface area (Å²) in [7, 11) is 2.89. The maximum Gasteiger partial charge on any atom is 0.332 e. The van der Waals surface area contributed by atoms with Gasteiger partial charge in [0.25, 0.3) is 5.56 Å². The zero-order valence-electron chi connectivity index (χ0n) is 11.4. The fraction of sp³-hybridized carbons (Fsp3) is 0.308. The number of thiophene rings is 1. The van der Waals surface area contributed by atoms with E-state index in [1.807, 2.05) is 24.4 Å². The summed E-state index contributed by atoms with van der Waals surface area (Å²) in [6.07, 6.45) is 0. The predicted molar refractivity (Wildman–Crippen MR) is 78.0 cm³/mol. The van der Waals surface area contributed by atoms with E-state index in [9.17, 15) is 9.59 Å². The first-order valence-corrected chi connectivity index (χ1v) is 6.81. The average molecular weight is 290 g/mol. The number of nitrogens with zero attached hydrogens (tertiary/aromatic N) is 3. The number of anilines is 1. The molecule has 2 aromatic heterocycles. The van der Waals surface area contributed by atoms with E-state index in [2.05, 4.69) is 5.32 Å². The lowest BCUT2D eigenvalue weighted by Crippen LogP contribution is -2.39. The molecule has 0 amide bonds. The number of rotatable bonds is 3. The number of nitriles is 1. The molecule has 0 unspecified atom stereocenters. The van der Waals surface area contributed by atoms with Gasteiger partial charge >= 0.3 is 5.69 Å². The molecule has 104 valence electrons. The van der Waals surface area contributed by atoms with E-state index in [1.54, 1.807) is 11.3 Å². The molecule has 0 spiro atoms. The first kappa shape index (κ1) is 14.1. The molecule has 0 radical (unpaired) electrons. The topological polar surface area (TPSA) is 79.8 Å². The lowest BCUT2D eigenvalue weighted by molar-refractivity contribution is 0.685. The van der Waals surface area contributed by atoms with Crippen molar-refractivity contribution in [3.8, 4) is 6.07 Å². The quantitative estimate of drug-likeness (QED) is 0.912. The summed E-state index contributed by atoms with van der Waals surface area (Å²) in [5, 5.41) is 14.2. The molecule has 7 heteroatoms. The van der Waals surface area contributed by atoms with Crippen LogP contribution in [0.1, 0.15) is 16.0 Å². The molecule has 2 aromatic rings. The Balaban J connectivity index is 2.44.